The van der Waals surface area contributed by atoms with E-state index >= 15 is 0 Å². The average Bonchev–Trinajstić information content (AvgIpc) is 0.761. The van der Waals surface area contributed by atoms with E-state index in [4.69, 9.17) is 42.2 Å². The van der Waals surface area contributed by atoms with E-state index < -0.39 is 156 Å². The Kier molecular flexibility index (Phi) is 54.9. The number of phosphoric acid groups is 1. The summed E-state index contributed by atoms with van der Waals surface area (Å²) in [6, 6.07) is 0. The van der Waals surface area contributed by atoms with Crippen LogP contribution in [0.1, 0.15) is 335 Å². The maximum atomic E-state index is 14.4. The number of hydrogen-bond donors (Lipinski definition) is 11. The second kappa shape index (κ2) is 59.6. The molecule has 3 fully saturated rings. The zero-order valence-electron chi connectivity index (χ0n) is 63.6. The van der Waals surface area contributed by atoms with Gasteiger partial charge in [-0.2, -0.15) is 0 Å². The standard InChI is InChI=1S/C78H145O24P/c1-4-7-10-13-16-19-22-25-28-30-33-36-39-42-45-48-51-54-64(82)97-59(56-94-62(80)52-49-46-43-40-37-34-31-27-24-21-18-15-12-9-6-3)57-96-103(92,93)102-76-74(100-77-72(90)67(85)65(83)60(55-79)98-77)70(88)69(87)71(89)75(76)101-78-73(91)68(86)66(84)61(99-78)58-95-63(81)53-50-47-44-41-38-35-32-29-26-23-20-17-14-11-8-5-2/h21,24,59-61,65-79,83-91H,4-20,22-23,25-58H2,1-3H3,(H,92,93)/b24-21-. The number of phosphoric ester groups is 1. The quantitative estimate of drug-likeness (QED) is 0.00886. The lowest BCUT2D eigenvalue weighted by molar-refractivity contribution is -0.360. The fourth-order valence-electron chi connectivity index (χ4n) is 13.6. The van der Waals surface area contributed by atoms with Crippen LogP contribution in [0.3, 0.4) is 0 Å². The summed E-state index contributed by atoms with van der Waals surface area (Å²) in [5, 5.41) is 110. The molecule has 2 aliphatic heterocycles. The Morgan fingerprint density at radius 3 is 1.06 bits per heavy atom. The van der Waals surface area contributed by atoms with Crippen molar-refractivity contribution in [1.29, 1.82) is 0 Å². The van der Waals surface area contributed by atoms with Crippen molar-refractivity contribution < 1.29 is 117 Å². The average molecular weight is 1500 g/mol. The number of ether oxygens (including phenoxy) is 7. The van der Waals surface area contributed by atoms with Gasteiger partial charge < -0.3 is 89.1 Å². The highest BCUT2D eigenvalue weighted by Crippen LogP contribution is 2.49. The first-order valence-corrected chi connectivity index (χ1v) is 42.5. The van der Waals surface area contributed by atoms with Gasteiger partial charge in [-0.05, 0) is 44.9 Å². The summed E-state index contributed by atoms with van der Waals surface area (Å²) in [7, 11) is -5.70. The summed E-state index contributed by atoms with van der Waals surface area (Å²) < 4.78 is 65.2. The van der Waals surface area contributed by atoms with Gasteiger partial charge in [-0.3, -0.25) is 23.4 Å². The van der Waals surface area contributed by atoms with Gasteiger partial charge in [-0.1, -0.05) is 283 Å². The van der Waals surface area contributed by atoms with E-state index in [0.717, 1.165) is 116 Å². The molecule has 18 unspecified atom stereocenters. The van der Waals surface area contributed by atoms with Gasteiger partial charge in [0.1, 0.15) is 98.7 Å². The molecule has 2 heterocycles. The number of allylic oxidation sites excluding steroid dienone is 2. The molecule has 25 heteroatoms. The first-order valence-electron chi connectivity index (χ1n) is 41.0. The van der Waals surface area contributed by atoms with E-state index in [1.54, 1.807) is 0 Å². The van der Waals surface area contributed by atoms with E-state index in [1.807, 2.05) is 0 Å². The first kappa shape index (κ1) is 94.9. The summed E-state index contributed by atoms with van der Waals surface area (Å²) in [4.78, 5) is 51.2. The maximum absolute atomic E-state index is 14.4. The topological polar surface area (TPSA) is 374 Å². The number of esters is 3. The SMILES string of the molecule is CCCCCC/C=C\CCCCCCCCCC(=O)OCC(COP(=O)(O)OC1C(OC2OC(CO)C(O)C(O)C2O)C(O)C(O)C(O)C1OC1OC(COC(=O)CCCCCCCCCCCCCCCCCC)C(O)C(O)C1O)OC(=O)CCCCCCCCCCCCCCCCCCC. The van der Waals surface area contributed by atoms with Crippen LogP contribution in [0.2, 0.25) is 0 Å². The van der Waals surface area contributed by atoms with Gasteiger partial charge in [-0.15, -0.1) is 0 Å². The minimum Gasteiger partial charge on any atom is -0.463 e. The van der Waals surface area contributed by atoms with Crippen LogP contribution in [0.5, 0.6) is 0 Å². The van der Waals surface area contributed by atoms with Gasteiger partial charge in [0.2, 0.25) is 0 Å². The Balaban J connectivity index is 1.70. The highest BCUT2D eigenvalue weighted by Gasteiger charge is 2.58. The van der Waals surface area contributed by atoms with Gasteiger partial charge in [0.25, 0.3) is 0 Å². The molecular weight excluding hydrogens is 1350 g/mol. The molecule has 11 N–H and O–H groups in total. The second-order valence-corrected chi connectivity index (χ2v) is 30.9. The van der Waals surface area contributed by atoms with Gasteiger partial charge in [0.15, 0.2) is 18.7 Å². The van der Waals surface area contributed by atoms with Crippen molar-refractivity contribution >= 4 is 25.7 Å². The molecule has 1 aliphatic carbocycles. The van der Waals surface area contributed by atoms with Crippen molar-refractivity contribution in [3.05, 3.63) is 12.2 Å². The summed E-state index contributed by atoms with van der Waals surface area (Å²) in [5.41, 5.74) is 0. The predicted molar refractivity (Wildman–Crippen MR) is 393 cm³/mol. The van der Waals surface area contributed by atoms with E-state index in [2.05, 4.69) is 32.9 Å². The molecule has 0 aromatic rings. The van der Waals surface area contributed by atoms with E-state index in [1.165, 1.54) is 161 Å². The fourth-order valence-corrected chi connectivity index (χ4v) is 14.6. The van der Waals surface area contributed by atoms with E-state index in [9.17, 15) is 74.9 Å². The Labute approximate surface area is 618 Å². The molecule has 103 heavy (non-hydrogen) atoms. The van der Waals surface area contributed by atoms with Crippen molar-refractivity contribution in [2.45, 2.75) is 440 Å². The lowest BCUT2D eigenvalue weighted by Crippen LogP contribution is -2.69. The van der Waals surface area contributed by atoms with Gasteiger partial charge in [-0.25, -0.2) is 4.57 Å². The largest absolute Gasteiger partial charge is 0.472 e. The lowest BCUT2D eigenvalue weighted by Gasteiger charge is -2.49. The van der Waals surface area contributed by atoms with Crippen LogP contribution >= 0.6 is 7.82 Å². The van der Waals surface area contributed by atoms with Gasteiger partial charge >= 0.3 is 25.7 Å². The molecule has 2 saturated heterocycles. The summed E-state index contributed by atoms with van der Waals surface area (Å²) >= 11 is 0. The molecule has 24 nitrogen and oxygen atoms in total. The minimum atomic E-state index is -5.70. The van der Waals surface area contributed by atoms with Crippen LogP contribution in [0, 0.1) is 0 Å². The summed E-state index contributed by atoms with van der Waals surface area (Å²) in [6.07, 6.45) is 21.0. The van der Waals surface area contributed by atoms with E-state index in [0.29, 0.717) is 19.3 Å². The van der Waals surface area contributed by atoms with Gasteiger partial charge in [0.05, 0.1) is 13.2 Å². The second-order valence-electron chi connectivity index (χ2n) is 29.5. The van der Waals surface area contributed by atoms with Crippen molar-refractivity contribution in [1.82, 2.24) is 0 Å². The number of carbonyl (C=O) groups is 3. The van der Waals surface area contributed by atoms with Crippen LogP contribution in [-0.2, 0) is 61.2 Å². The van der Waals surface area contributed by atoms with Crippen LogP contribution in [0.15, 0.2) is 12.2 Å². The molecule has 0 radical (unpaired) electrons. The fraction of sp³-hybridized carbons (Fsp3) is 0.936. The Hall–Kier alpha value is -2.30. The first-order chi connectivity index (χ1) is 49.8. The Morgan fingerprint density at radius 1 is 0.369 bits per heavy atom. The van der Waals surface area contributed by atoms with Crippen molar-refractivity contribution in [2.75, 3.05) is 26.4 Å². The zero-order valence-corrected chi connectivity index (χ0v) is 64.5. The zero-order chi connectivity index (χ0) is 75.3. The molecule has 0 bridgehead atoms. The molecule has 0 spiro atoms. The molecule has 3 aliphatic rings. The number of carbonyl (C=O) groups excluding carboxylic acids is 3. The predicted octanol–water partition coefficient (Wildman–Crippen LogP) is 12.7. The number of hydrogen-bond acceptors (Lipinski definition) is 23. The van der Waals surface area contributed by atoms with Crippen LogP contribution in [0.4, 0.5) is 0 Å². The minimum absolute atomic E-state index is 0.0330. The molecular formula is C78H145O24P. The van der Waals surface area contributed by atoms with Crippen molar-refractivity contribution in [3.8, 4) is 0 Å². The maximum Gasteiger partial charge on any atom is 0.472 e. The molecule has 606 valence electrons. The number of unbranched alkanes of at least 4 members (excludes halogenated alkanes) is 42. The van der Waals surface area contributed by atoms with Gasteiger partial charge in [0, 0.05) is 19.3 Å². The number of aliphatic hydroxyl groups is 10. The van der Waals surface area contributed by atoms with Crippen LogP contribution < -0.4 is 0 Å². The third kappa shape index (κ3) is 41.9. The molecule has 0 aromatic heterocycles. The smallest absolute Gasteiger partial charge is 0.463 e. The Morgan fingerprint density at radius 2 is 0.680 bits per heavy atom. The Bertz CT molecular complexity index is 2160. The van der Waals surface area contributed by atoms with Crippen molar-refractivity contribution in [3.63, 3.8) is 0 Å². The third-order valence-electron chi connectivity index (χ3n) is 20.3. The molecule has 3 rings (SSSR count). The lowest BCUT2D eigenvalue weighted by atomic mass is 9.84. The van der Waals surface area contributed by atoms with Crippen LogP contribution in [-0.4, -0.2) is 204 Å². The van der Waals surface area contributed by atoms with Crippen LogP contribution in [0.25, 0.3) is 0 Å². The highest BCUT2D eigenvalue weighted by atomic mass is 31.2. The molecule has 0 aromatic carbocycles. The molecule has 0 amide bonds. The summed E-state index contributed by atoms with van der Waals surface area (Å²) in [6.45, 7) is 3.49. The normalized spacial score (nSPS) is 26.9. The molecule has 18 atom stereocenters. The summed E-state index contributed by atoms with van der Waals surface area (Å²) in [5.74, 6) is -1.98. The van der Waals surface area contributed by atoms with Crippen molar-refractivity contribution in [2.24, 2.45) is 0 Å². The van der Waals surface area contributed by atoms with E-state index in [-0.39, 0.29) is 19.3 Å². The number of rotatable bonds is 65. The monoisotopic (exact) mass is 1500 g/mol. The third-order valence-corrected chi connectivity index (χ3v) is 21.3. The number of aliphatic hydroxyl groups excluding tert-OH is 10. The highest BCUT2D eigenvalue weighted by molar-refractivity contribution is 7.47. The molecule has 1 saturated carbocycles.